The molecule has 5 nitrogen and oxygen atoms in total. The summed E-state index contributed by atoms with van der Waals surface area (Å²) in [5.74, 6) is 0.680. The summed E-state index contributed by atoms with van der Waals surface area (Å²) in [4.78, 5) is 25.0. The van der Waals surface area contributed by atoms with Crippen molar-refractivity contribution in [2.75, 3.05) is 18.6 Å². The van der Waals surface area contributed by atoms with Crippen LogP contribution in [0.15, 0.2) is 12.4 Å². The van der Waals surface area contributed by atoms with E-state index in [1.807, 2.05) is 0 Å². The first kappa shape index (κ1) is 13.3. The molecule has 0 aromatic carbocycles. The number of rotatable bonds is 3. The molecule has 0 aliphatic carbocycles. The molecule has 1 fully saturated rings. The molecule has 0 amide bonds. The van der Waals surface area contributed by atoms with Gasteiger partial charge in [0.2, 0.25) is 0 Å². The molecule has 106 valence electrons. The molecule has 0 bridgehead atoms. The summed E-state index contributed by atoms with van der Waals surface area (Å²) in [6.07, 6.45) is 4.38. The van der Waals surface area contributed by atoms with Crippen molar-refractivity contribution < 1.29 is 9.53 Å². The van der Waals surface area contributed by atoms with E-state index in [0.29, 0.717) is 0 Å². The highest BCUT2D eigenvalue weighted by molar-refractivity contribution is 7.18. The van der Waals surface area contributed by atoms with Crippen molar-refractivity contribution in [3.8, 4) is 0 Å². The Morgan fingerprint density at radius 3 is 3.15 bits per heavy atom. The Balaban J connectivity index is 2.04. The number of thiophene rings is 1. The van der Waals surface area contributed by atoms with Gasteiger partial charge in [0, 0.05) is 11.4 Å². The zero-order valence-electron chi connectivity index (χ0n) is 11.6. The van der Waals surface area contributed by atoms with Crippen LogP contribution in [0, 0.1) is 0 Å². The van der Waals surface area contributed by atoms with Gasteiger partial charge in [-0.15, -0.1) is 11.3 Å². The second-order valence-electron chi connectivity index (χ2n) is 4.86. The first-order chi connectivity index (χ1) is 9.74. The fourth-order valence-corrected chi connectivity index (χ4v) is 3.63. The SMILES string of the molecule is CCc1cc2c(N3CCCC3C(=O)OC)ncnc2s1. The highest BCUT2D eigenvalue weighted by atomic mass is 32.1. The van der Waals surface area contributed by atoms with Crippen LogP contribution >= 0.6 is 11.3 Å². The predicted molar refractivity (Wildman–Crippen MR) is 79.2 cm³/mol. The van der Waals surface area contributed by atoms with Crippen molar-refractivity contribution in [1.82, 2.24) is 9.97 Å². The Hall–Kier alpha value is -1.69. The van der Waals surface area contributed by atoms with Gasteiger partial charge in [-0.05, 0) is 25.3 Å². The first-order valence-electron chi connectivity index (χ1n) is 6.82. The number of aromatic nitrogens is 2. The van der Waals surface area contributed by atoms with Gasteiger partial charge in [0.1, 0.15) is 23.0 Å². The normalized spacial score (nSPS) is 18.7. The van der Waals surface area contributed by atoms with Crippen LogP contribution < -0.4 is 4.90 Å². The molecule has 6 heteroatoms. The lowest BCUT2D eigenvalue weighted by Gasteiger charge is -2.23. The third-order valence-electron chi connectivity index (χ3n) is 3.71. The minimum absolute atomic E-state index is 0.180. The largest absolute Gasteiger partial charge is 0.467 e. The highest BCUT2D eigenvalue weighted by Crippen LogP contribution is 2.34. The van der Waals surface area contributed by atoms with Gasteiger partial charge in [-0.2, -0.15) is 0 Å². The molecule has 0 radical (unpaired) electrons. The van der Waals surface area contributed by atoms with Crippen LogP contribution in [-0.2, 0) is 16.0 Å². The number of anilines is 1. The first-order valence-corrected chi connectivity index (χ1v) is 7.64. The third-order valence-corrected chi connectivity index (χ3v) is 4.89. The topological polar surface area (TPSA) is 55.3 Å². The number of hydrogen-bond acceptors (Lipinski definition) is 6. The van der Waals surface area contributed by atoms with Gasteiger partial charge >= 0.3 is 5.97 Å². The Labute approximate surface area is 121 Å². The third kappa shape index (κ3) is 2.14. The van der Waals surface area contributed by atoms with Crippen LogP contribution in [0.5, 0.6) is 0 Å². The van der Waals surface area contributed by atoms with Crippen molar-refractivity contribution >= 4 is 33.3 Å². The molecule has 2 aromatic rings. The van der Waals surface area contributed by atoms with Crippen LogP contribution in [0.2, 0.25) is 0 Å². The summed E-state index contributed by atoms with van der Waals surface area (Å²) < 4.78 is 4.90. The van der Waals surface area contributed by atoms with Crippen LogP contribution in [0.1, 0.15) is 24.6 Å². The van der Waals surface area contributed by atoms with Crippen molar-refractivity contribution in [2.45, 2.75) is 32.2 Å². The van der Waals surface area contributed by atoms with Gasteiger partial charge < -0.3 is 9.64 Å². The number of carbonyl (C=O) groups is 1. The number of ether oxygens (including phenoxy) is 1. The monoisotopic (exact) mass is 291 g/mol. The molecular formula is C14H17N3O2S. The highest BCUT2D eigenvalue weighted by Gasteiger charge is 2.33. The molecule has 20 heavy (non-hydrogen) atoms. The van der Waals surface area contributed by atoms with Crippen molar-refractivity contribution in [1.29, 1.82) is 0 Å². The zero-order valence-corrected chi connectivity index (χ0v) is 12.4. The number of esters is 1. The Morgan fingerprint density at radius 2 is 2.40 bits per heavy atom. The number of fused-ring (bicyclic) bond motifs is 1. The summed E-state index contributed by atoms with van der Waals surface area (Å²) in [7, 11) is 1.44. The van der Waals surface area contributed by atoms with E-state index < -0.39 is 0 Å². The molecule has 1 unspecified atom stereocenters. The van der Waals surface area contributed by atoms with Crippen LogP contribution in [-0.4, -0.2) is 35.6 Å². The lowest BCUT2D eigenvalue weighted by Crippen LogP contribution is -2.37. The predicted octanol–water partition coefficient (Wildman–Crippen LogP) is 2.40. The molecule has 1 atom stereocenters. The van der Waals surface area contributed by atoms with E-state index in [4.69, 9.17) is 4.74 Å². The van der Waals surface area contributed by atoms with Crippen molar-refractivity contribution in [3.05, 3.63) is 17.3 Å². The van der Waals surface area contributed by atoms with Crippen molar-refractivity contribution in [2.24, 2.45) is 0 Å². The summed E-state index contributed by atoms with van der Waals surface area (Å²) in [5.41, 5.74) is 0. The van der Waals surface area contributed by atoms with E-state index >= 15 is 0 Å². The number of nitrogens with zero attached hydrogens (tertiary/aromatic N) is 3. The van der Waals surface area contributed by atoms with E-state index in [-0.39, 0.29) is 12.0 Å². The van der Waals surface area contributed by atoms with Gasteiger partial charge in [-0.3, -0.25) is 0 Å². The summed E-state index contributed by atoms with van der Waals surface area (Å²) >= 11 is 1.69. The van der Waals surface area contributed by atoms with E-state index in [9.17, 15) is 4.79 Å². The van der Waals surface area contributed by atoms with Gasteiger partial charge in [-0.1, -0.05) is 6.92 Å². The quantitative estimate of drug-likeness (QED) is 0.813. The second kappa shape index (κ2) is 5.36. The summed E-state index contributed by atoms with van der Waals surface area (Å²) in [6, 6.07) is 1.92. The van der Waals surface area contributed by atoms with Crippen molar-refractivity contribution in [3.63, 3.8) is 0 Å². The van der Waals surface area contributed by atoms with Gasteiger partial charge in [0.15, 0.2) is 0 Å². The van der Waals surface area contributed by atoms with Gasteiger partial charge in [0.25, 0.3) is 0 Å². The molecule has 1 saturated heterocycles. The Morgan fingerprint density at radius 1 is 1.55 bits per heavy atom. The lowest BCUT2D eigenvalue weighted by atomic mass is 10.2. The minimum atomic E-state index is -0.219. The second-order valence-corrected chi connectivity index (χ2v) is 5.97. The number of methoxy groups -OCH3 is 1. The van der Waals surface area contributed by atoms with Crippen LogP contribution in [0.3, 0.4) is 0 Å². The zero-order chi connectivity index (χ0) is 14.1. The standard InChI is InChI=1S/C14H17N3O2S/c1-3-9-7-10-12(15-8-16-13(10)20-9)17-6-4-5-11(17)14(18)19-2/h7-8,11H,3-6H2,1-2H3. The average molecular weight is 291 g/mol. The molecule has 0 saturated carbocycles. The molecule has 3 rings (SSSR count). The molecule has 1 aliphatic heterocycles. The summed E-state index contributed by atoms with van der Waals surface area (Å²) in [6.45, 7) is 2.97. The molecule has 3 heterocycles. The number of aryl methyl sites for hydroxylation is 1. The maximum absolute atomic E-state index is 11.9. The molecule has 2 aromatic heterocycles. The van der Waals surface area contributed by atoms with Gasteiger partial charge in [-0.25, -0.2) is 14.8 Å². The van der Waals surface area contributed by atoms with Crippen LogP contribution in [0.4, 0.5) is 5.82 Å². The van der Waals surface area contributed by atoms with E-state index in [2.05, 4.69) is 27.9 Å². The Kier molecular flexibility index (Phi) is 3.56. The van der Waals surface area contributed by atoms with E-state index in [1.54, 1.807) is 17.7 Å². The average Bonchev–Trinajstić information content (AvgIpc) is 3.11. The fourth-order valence-electron chi connectivity index (χ4n) is 2.70. The molecule has 0 spiro atoms. The number of carbonyl (C=O) groups excluding carboxylic acids is 1. The summed E-state index contributed by atoms with van der Waals surface area (Å²) in [5, 5.41) is 1.05. The Bertz CT molecular complexity index is 640. The maximum Gasteiger partial charge on any atom is 0.328 e. The fraction of sp³-hybridized carbons (Fsp3) is 0.500. The van der Waals surface area contributed by atoms with Gasteiger partial charge in [0.05, 0.1) is 12.5 Å². The number of hydrogen-bond donors (Lipinski definition) is 0. The molecule has 0 N–H and O–H groups in total. The molecule has 1 aliphatic rings. The minimum Gasteiger partial charge on any atom is -0.467 e. The molecular weight excluding hydrogens is 274 g/mol. The van der Waals surface area contributed by atoms with Crippen LogP contribution in [0.25, 0.3) is 10.2 Å². The maximum atomic E-state index is 11.9. The van der Waals surface area contributed by atoms with E-state index in [0.717, 1.165) is 41.8 Å². The smallest absolute Gasteiger partial charge is 0.328 e. The lowest BCUT2D eigenvalue weighted by molar-refractivity contribution is -0.141. The van der Waals surface area contributed by atoms with E-state index in [1.165, 1.54) is 12.0 Å².